The third kappa shape index (κ3) is 4.72. The number of nitrogens with one attached hydrogen (secondary N) is 1. The van der Waals surface area contributed by atoms with Crippen molar-refractivity contribution in [2.45, 2.75) is 12.3 Å². The van der Waals surface area contributed by atoms with E-state index < -0.39 is 0 Å². The van der Waals surface area contributed by atoms with Crippen LogP contribution < -0.4 is 11.1 Å². The molecule has 1 aromatic heterocycles. The second kappa shape index (κ2) is 9.93. The number of amides is 1. The quantitative estimate of drug-likeness (QED) is 0.311. The molecule has 3 N–H and O–H groups in total. The van der Waals surface area contributed by atoms with Crippen LogP contribution in [0.1, 0.15) is 29.0 Å². The summed E-state index contributed by atoms with van der Waals surface area (Å²) in [5.41, 5.74) is 13.6. The molecule has 34 heavy (non-hydrogen) atoms. The third-order valence-electron chi connectivity index (χ3n) is 5.96. The van der Waals surface area contributed by atoms with Gasteiger partial charge >= 0.3 is 6.09 Å². The Labute approximate surface area is 202 Å². The molecule has 5 nitrogen and oxygen atoms in total. The van der Waals surface area contributed by atoms with Crippen molar-refractivity contribution in [2.75, 3.05) is 18.9 Å². The zero-order valence-electron chi connectivity index (χ0n) is 18.6. The number of carbonyl (C=O) groups excluding carboxylic acids is 1. The van der Waals surface area contributed by atoms with E-state index in [2.05, 4.69) is 34.6 Å². The average Bonchev–Trinajstić information content (AvgIpc) is 3.44. The van der Waals surface area contributed by atoms with E-state index in [-0.39, 0.29) is 12.0 Å². The van der Waals surface area contributed by atoms with Crippen LogP contribution >= 0.6 is 11.3 Å². The van der Waals surface area contributed by atoms with Gasteiger partial charge in [0.1, 0.15) is 6.61 Å². The van der Waals surface area contributed by atoms with Crippen molar-refractivity contribution in [2.24, 2.45) is 0 Å². The molecule has 6 heteroatoms. The zero-order valence-corrected chi connectivity index (χ0v) is 19.4. The molecule has 1 heterocycles. The summed E-state index contributed by atoms with van der Waals surface area (Å²) in [6.45, 7) is 0.843. The molecule has 0 fully saturated rings. The lowest BCUT2D eigenvalue weighted by Gasteiger charge is -2.14. The minimum Gasteiger partial charge on any atom is -0.449 e. The number of nitrogen functional groups attached to an aromatic ring is 1. The summed E-state index contributed by atoms with van der Waals surface area (Å²) in [6.07, 6.45) is 4.41. The minimum atomic E-state index is -0.387. The van der Waals surface area contributed by atoms with E-state index in [0.717, 1.165) is 16.8 Å². The Morgan fingerprint density at radius 2 is 1.68 bits per heavy atom. The summed E-state index contributed by atoms with van der Waals surface area (Å²) in [5, 5.41) is 5.37. The van der Waals surface area contributed by atoms with Gasteiger partial charge in [0.2, 0.25) is 0 Å². The normalized spacial score (nSPS) is 12.5. The van der Waals surface area contributed by atoms with E-state index >= 15 is 0 Å². The second-order valence-electron chi connectivity index (χ2n) is 8.14. The molecule has 0 aliphatic heterocycles. The first-order chi connectivity index (χ1) is 16.7. The van der Waals surface area contributed by atoms with Gasteiger partial charge in [-0.05, 0) is 34.2 Å². The standard InChI is InChI=1S/C28H25N3O2S/c29-27-31-26(18-34-27)20-14-12-19(13-15-20)7-5-6-16-30-28(32)33-17-25-23-10-3-1-8-21(23)22-9-2-4-11-24(22)25/h1-5,7-15,18,25H,6,16-17H2,(H2,29,31)(H,30,32). The Balaban J connectivity index is 1.09. The predicted molar refractivity (Wildman–Crippen MR) is 139 cm³/mol. The van der Waals surface area contributed by atoms with Gasteiger partial charge in [-0.3, -0.25) is 0 Å². The molecule has 0 unspecified atom stereocenters. The van der Waals surface area contributed by atoms with Crippen molar-refractivity contribution in [1.82, 2.24) is 10.3 Å². The van der Waals surface area contributed by atoms with Gasteiger partial charge in [-0.1, -0.05) is 84.9 Å². The molecule has 3 aromatic carbocycles. The first kappa shape index (κ1) is 21.9. The monoisotopic (exact) mass is 467 g/mol. The highest BCUT2D eigenvalue weighted by atomic mass is 32.1. The summed E-state index contributed by atoms with van der Waals surface area (Å²) >= 11 is 1.44. The van der Waals surface area contributed by atoms with Gasteiger partial charge in [0.15, 0.2) is 5.13 Å². The van der Waals surface area contributed by atoms with Gasteiger partial charge in [0.05, 0.1) is 5.69 Å². The number of aromatic nitrogens is 1. The highest BCUT2D eigenvalue weighted by Crippen LogP contribution is 2.44. The number of alkyl carbamates (subject to hydrolysis) is 1. The van der Waals surface area contributed by atoms with E-state index in [9.17, 15) is 4.79 Å². The van der Waals surface area contributed by atoms with Crippen LogP contribution in [-0.4, -0.2) is 24.2 Å². The molecular weight excluding hydrogens is 442 g/mol. The number of thiazole rings is 1. The fourth-order valence-corrected chi connectivity index (χ4v) is 4.88. The molecule has 0 saturated heterocycles. The van der Waals surface area contributed by atoms with E-state index in [0.29, 0.717) is 24.7 Å². The summed E-state index contributed by atoms with van der Waals surface area (Å²) in [4.78, 5) is 16.6. The fraction of sp³-hybridized carbons (Fsp3) is 0.143. The van der Waals surface area contributed by atoms with Crippen molar-refractivity contribution < 1.29 is 9.53 Å². The largest absolute Gasteiger partial charge is 0.449 e. The number of anilines is 1. The Bertz CT molecular complexity index is 1280. The Morgan fingerprint density at radius 1 is 1.00 bits per heavy atom. The lowest BCUT2D eigenvalue weighted by molar-refractivity contribution is 0.143. The van der Waals surface area contributed by atoms with E-state index in [4.69, 9.17) is 10.5 Å². The van der Waals surface area contributed by atoms with Crippen LogP contribution in [-0.2, 0) is 4.74 Å². The summed E-state index contributed by atoms with van der Waals surface area (Å²) in [7, 11) is 0. The zero-order chi connectivity index (χ0) is 23.3. The number of carbonyl (C=O) groups is 1. The summed E-state index contributed by atoms with van der Waals surface area (Å²) in [6, 6.07) is 24.8. The molecule has 170 valence electrons. The van der Waals surface area contributed by atoms with Crippen LogP contribution in [0.15, 0.2) is 84.3 Å². The molecule has 0 spiro atoms. The van der Waals surface area contributed by atoms with Crippen LogP contribution in [0.25, 0.3) is 28.5 Å². The van der Waals surface area contributed by atoms with Gasteiger partial charge in [-0.2, -0.15) is 0 Å². The van der Waals surface area contributed by atoms with Crippen molar-refractivity contribution in [3.05, 3.63) is 101 Å². The second-order valence-corrected chi connectivity index (χ2v) is 9.03. The highest BCUT2D eigenvalue weighted by molar-refractivity contribution is 7.13. The maximum atomic E-state index is 12.3. The Morgan fingerprint density at radius 3 is 2.32 bits per heavy atom. The first-order valence-corrected chi connectivity index (χ1v) is 12.1. The molecule has 5 rings (SSSR count). The molecule has 1 aliphatic carbocycles. The van der Waals surface area contributed by atoms with Gasteiger partial charge in [0, 0.05) is 23.4 Å². The van der Waals surface area contributed by atoms with Crippen LogP contribution in [0, 0.1) is 0 Å². The minimum absolute atomic E-state index is 0.0711. The smallest absolute Gasteiger partial charge is 0.407 e. The fourth-order valence-electron chi connectivity index (χ4n) is 4.31. The van der Waals surface area contributed by atoms with E-state index in [1.807, 2.05) is 66.1 Å². The lowest BCUT2D eigenvalue weighted by Crippen LogP contribution is -2.26. The van der Waals surface area contributed by atoms with Crippen molar-refractivity contribution in [1.29, 1.82) is 0 Å². The number of benzene rings is 3. The topological polar surface area (TPSA) is 77.2 Å². The van der Waals surface area contributed by atoms with Crippen molar-refractivity contribution in [3.63, 3.8) is 0 Å². The van der Waals surface area contributed by atoms with Gasteiger partial charge in [-0.15, -0.1) is 11.3 Å². The number of nitrogens with zero attached hydrogens (tertiary/aromatic N) is 1. The predicted octanol–water partition coefficient (Wildman–Crippen LogP) is 6.33. The molecule has 0 atom stereocenters. The number of fused-ring (bicyclic) bond motifs is 3. The van der Waals surface area contributed by atoms with Gasteiger partial charge in [-0.25, -0.2) is 9.78 Å². The molecule has 1 amide bonds. The third-order valence-corrected chi connectivity index (χ3v) is 6.64. The van der Waals surface area contributed by atoms with E-state index in [1.165, 1.54) is 33.6 Å². The van der Waals surface area contributed by atoms with Gasteiger partial charge in [0.25, 0.3) is 0 Å². The highest BCUT2D eigenvalue weighted by Gasteiger charge is 2.28. The summed E-state index contributed by atoms with van der Waals surface area (Å²) in [5.74, 6) is 0.0711. The molecule has 0 saturated carbocycles. The molecular formula is C28H25N3O2S. The first-order valence-electron chi connectivity index (χ1n) is 11.3. The average molecular weight is 468 g/mol. The van der Waals surface area contributed by atoms with Crippen LogP contribution in [0.2, 0.25) is 0 Å². The molecule has 4 aromatic rings. The van der Waals surface area contributed by atoms with Crippen molar-refractivity contribution >= 4 is 28.6 Å². The lowest BCUT2D eigenvalue weighted by atomic mass is 9.98. The van der Waals surface area contributed by atoms with Crippen molar-refractivity contribution in [3.8, 4) is 22.4 Å². The van der Waals surface area contributed by atoms with Crippen LogP contribution in [0.3, 0.4) is 0 Å². The van der Waals surface area contributed by atoms with Crippen LogP contribution in [0.4, 0.5) is 9.93 Å². The Hall–Kier alpha value is -3.90. The van der Waals surface area contributed by atoms with Crippen LogP contribution in [0.5, 0.6) is 0 Å². The van der Waals surface area contributed by atoms with E-state index in [1.54, 1.807) is 0 Å². The maximum Gasteiger partial charge on any atom is 0.407 e. The molecule has 1 aliphatic rings. The number of rotatable bonds is 7. The summed E-state index contributed by atoms with van der Waals surface area (Å²) < 4.78 is 5.57. The number of hydrogen-bond acceptors (Lipinski definition) is 5. The molecule has 0 radical (unpaired) electrons. The Kier molecular flexibility index (Phi) is 6.40. The molecule has 0 bridgehead atoms. The number of ether oxygens (including phenoxy) is 1. The van der Waals surface area contributed by atoms with Gasteiger partial charge < -0.3 is 15.8 Å². The SMILES string of the molecule is Nc1nc(-c2ccc(C=CCCNC(=O)OCC3c4ccccc4-c4ccccc43)cc2)cs1. The number of nitrogens with two attached hydrogens (primary N) is 1. The number of hydrogen-bond donors (Lipinski definition) is 2. The maximum absolute atomic E-state index is 12.3.